The molecule has 0 fully saturated rings. The van der Waals surface area contributed by atoms with Crippen LogP contribution in [0, 0.1) is 0 Å². The van der Waals surface area contributed by atoms with Crippen molar-refractivity contribution in [2.24, 2.45) is 0 Å². The van der Waals surface area contributed by atoms with Crippen LogP contribution in [-0.4, -0.2) is 25.0 Å². The number of carbonyl (C=O) groups excluding carboxylic acids is 2. The lowest BCUT2D eigenvalue weighted by molar-refractivity contribution is -0.120. The van der Waals surface area contributed by atoms with Gasteiger partial charge >= 0.3 is 0 Å². The number of ether oxygens (including phenoxy) is 2. The highest BCUT2D eigenvalue weighted by atomic mass is 32.1. The molecule has 0 saturated carbocycles. The second kappa shape index (κ2) is 8.08. The number of nitrogens with zero attached hydrogens (tertiary/aromatic N) is 1. The van der Waals surface area contributed by atoms with Crippen LogP contribution >= 0.6 is 11.3 Å². The second-order valence-corrected chi connectivity index (χ2v) is 9.90. The van der Waals surface area contributed by atoms with Crippen LogP contribution in [0.5, 0.6) is 11.5 Å². The van der Waals surface area contributed by atoms with E-state index in [1.165, 1.54) is 16.2 Å². The van der Waals surface area contributed by atoms with E-state index in [4.69, 9.17) is 9.47 Å². The Labute approximate surface area is 196 Å². The molecule has 1 aromatic heterocycles. The Hall–Kier alpha value is -3.58. The van der Waals surface area contributed by atoms with Crippen LogP contribution in [0.1, 0.15) is 31.2 Å². The molecule has 33 heavy (non-hydrogen) atoms. The summed E-state index contributed by atoms with van der Waals surface area (Å²) in [5, 5.41) is 5.08. The maximum atomic E-state index is 13.5. The summed E-state index contributed by atoms with van der Waals surface area (Å²) < 4.78 is 11.2. The van der Waals surface area contributed by atoms with Crippen molar-refractivity contribution < 1.29 is 19.1 Å². The van der Waals surface area contributed by atoms with Crippen molar-refractivity contribution in [2.75, 3.05) is 23.4 Å². The summed E-state index contributed by atoms with van der Waals surface area (Å²) in [5.74, 6) is 0.539. The van der Waals surface area contributed by atoms with Crippen molar-refractivity contribution >= 4 is 40.1 Å². The number of hydrogen-bond donors (Lipinski definition) is 1. The van der Waals surface area contributed by atoms with Crippen LogP contribution < -0.4 is 19.7 Å². The normalized spacial score (nSPS) is 15.9. The fourth-order valence-corrected chi connectivity index (χ4v) is 4.67. The average molecular weight is 461 g/mol. The van der Waals surface area contributed by atoms with Crippen LogP contribution in [0.15, 0.2) is 65.7 Å². The number of thiophene rings is 1. The molecule has 168 valence electrons. The zero-order valence-electron chi connectivity index (χ0n) is 18.7. The van der Waals surface area contributed by atoms with E-state index in [9.17, 15) is 9.59 Å². The fourth-order valence-electron chi connectivity index (χ4n) is 3.91. The summed E-state index contributed by atoms with van der Waals surface area (Å²) in [5.41, 5.74) is 2.92. The number of imide groups is 1. The maximum absolute atomic E-state index is 13.5. The molecule has 0 atom stereocenters. The molecule has 7 heteroatoms. The van der Waals surface area contributed by atoms with Crippen LogP contribution in [0.3, 0.4) is 0 Å². The van der Waals surface area contributed by atoms with Gasteiger partial charge in [-0.05, 0) is 46.7 Å². The predicted octanol–water partition coefficient (Wildman–Crippen LogP) is 5.21. The largest absolute Gasteiger partial charge is 0.486 e. The van der Waals surface area contributed by atoms with Gasteiger partial charge in [0.25, 0.3) is 11.8 Å². The molecule has 1 N–H and O–H groups in total. The molecule has 0 bridgehead atoms. The number of amides is 2. The SMILES string of the molecule is CC(C)(C)c1ccc(N2C(=O)C(Nc3ccc4c(c3)OCCO4)=C(c3cccs3)C2=O)cc1. The number of rotatable bonds is 4. The Balaban J connectivity index is 1.52. The molecule has 3 heterocycles. The van der Waals surface area contributed by atoms with Crippen LogP contribution in [0.4, 0.5) is 11.4 Å². The van der Waals surface area contributed by atoms with Gasteiger partial charge in [-0.2, -0.15) is 0 Å². The highest BCUT2D eigenvalue weighted by molar-refractivity contribution is 7.11. The second-order valence-electron chi connectivity index (χ2n) is 8.95. The molecular formula is C26H24N2O4S. The van der Waals surface area contributed by atoms with E-state index in [1.807, 2.05) is 47.8 Å². The number of anilines is 2. The van der Waals surface area contributed by atoms with Gasteiger partial charge in [-0.3, -0.25) is 9.59 Å². The highest BCUT2D eigenvalue weighted by Gasteiger charge is 2.40. The van der Waals surface area contributed by atoms with Gasteiger partial charge in [0, 0.05) is 16.6 Å². The third-order valence-corrected chi connectivity index (χ3v) is 6.54. The third kappa shape index (κ3) is 3.89. The minimum Gasteiger partial charge on any atom is -0.486 e. The summed E-state index contributed by atoms with van der Waals surface area (Å²) >= 11 is 1.42. The lowest BCUT2D eigenvalue weighted by Gasteiger charge is -2.21. The minimum atomic E-state index is -0.387. The number of fused-ring (bicyclic) bond motifs is 1. The molecule has 2 amide bonds. The molecular weight excluding hydrogens is 436 g/mol. The Morgan fingerprint density at radius 3 is 2.30 bits per heavy atom. The van der Waals surface area contributed by atoms with Crippen molar-refractivity contribution in [3.05, 3.63) is 76.1 Å². The molecule has 0 spiro atoms. The molecule has 2 aromatic carbocycles. The number of hydrogen-bond acceptors (Lipinski definition) is 6. The van der Waals surface area contributed by atoms with E-state index in [-0.39, 0.29) is 22.9 Å². The molecule has 0 aliphatic carbocycles. The molecule has 2 aliphatic heterocycles. The predicted molar refractivity (Wildman–Crippen MR) is 130 cm³/mol. The van der Waals surface area contributed by atoms with Gasteiger partial charge in [-0.15, -0.1) is 11.3 Å². The number of nitrogens with one attached hydrogen (secondary N) is 1. The zero-order valence-corrected chi connectivity index (χ0v) is 19.5. The summed E-state index contributed by atoms with van der Waals surface area (Å²) in [6.07, 6.45) is 0. The van der Waals surface area contributed by atoms with Crippen molar-refractivity contribution in [3.63, 3.8) is 0 Å². The smallest absolute Gasteiger partial charge is 0.282 e. The van der Waals surface area contributed by atoms with E-state index < -0.39 is 0 Å². The molecule has 0 unspecified atom stereocenters. The van der Waals surface area contributed by atoms with Gasteiger partial charge in [-0.1, -0.05) is 39.0 Å². The monoisotopic (exact) mass is 460 g/mol. The number of benzene rings is 2. The molecule has 0 radical (unpaired) electrons. The molecule has 3 aromatic rings. The Morgan fingerprint density at radius 1 is 0.909 bits per heavy atom. The van der Waals surface area contributed by atoms with Crippen molar-refractivity contribution in [1.29, 1.82) is 0 Å². The van der Waals surface area contributed by atoms with Gasteiger partial charge in [0.1, 0.15) is 18.9 Å². The van der Waals surface area contributed by atoms with E-state index in [0.29, 0.717) is 41.7 Å². The Morgan fingerprint density at radius 2 is 1.64 bits per heavy atom. The van der Waals surface area contributed by atoms with E-state index in [1.54, 1.807) is 12.1 Å². The zero-order chi connectivity index (χ0) is 23.2. The molecule has 6 nitrogen and oxygen atoms in total. The third-order valence-electron chi connectivity index (χ3n) is 5.65. The first-order valence-electron chi connectivity index (χ1n) is 10.8. The molecule has 5 rings (SSSR count). The van der Waals surface area contributed by atoms with Crippen molar-refractivity contribution in [1.82, 2.24) is 0 Å². The van der Waals surface area contributed by atoms with Gasteiger partial charge in [-0.25, -0.2) is 4.90 Å². The first kappa shape index (κ1) is 21.3. The van der Waals surface area contributed by atoms with Crippen molar-refractivity contribution in [2.45, 2.75) is 26.2 Å². The standard InChI is InChI=1S/C26H24N2O4S/c1-26(2,3)16-6-9-18(10-7-16)28-24(29)22(21-5-4-14-33-21)23(25(28)30)27-17-8-11-19-20(15-17)32-13-12-31-19/h4-11,14-15,27H,12-13H2,1-3H3. The van der Waals surface area contributed by atoms with E-state index in [0.717, 1.165) is 10.4 Å². The lowest BCUT2D eigenvalue weighted by Crippen LogP contribution is -2.32. The topological polar surface area (TPSA) is 67.9 Å². The quantitative estimate of drug-likeness (QED) is 0.541. The maximum Gasteiger partial charge on any atom is 0.282 e. The first-order chi connectivity index (χ1) is 15.8. The Kier molecular flexibility index (Phi) is 5.21. The van der Waals surface area contributed by atoms with Gasteiger partial charge < -0.3 is 14.8 Å². The summed E-state index contributed by atoms with van der Waals surface area (Å²) in [6.45, 7) is 7.35. The minimum absolute atomic E-state index is 0.0249. The summed E-state index contributed by atoms with van der Waals surface area (Å²) in [6, 6.07) is 16.7. The van der Waals surface area contributed by atoms with Gasteiger partial charge in [0.15, 0.2) is 11.5 Å². The average Bonchev–Trinajstić information content (AvgIpc) is 3.40. The van der Waals surface area contributed by atoms with Gasteiger partial charge in [0.05, 0.1) is 11.3 Å². The van der Waals surface area contributed by atoms with E-state index in [2.05, 4.69) is 26.1 Å². The van der Waals surface area contributed by atoms with Gasteiger partial charge in [0.2, 0.25) is 0 Å². The van der Waals surface area contributed by atoms with Crippen LogP contribution in [-0.2, 0) is 15.0 Å². The Bertz CT molecular complexity index is 1250. The fraction of sp³-hybridized carbons (Fsp3) is 0.231. The highest BCUT2D eigenvalue weighted by Crippen LogP contribution is 2.38. The van der Waals surface area contributed by atoms with Crippen LogP contribution in [0.2, 0.25) is 0 Å². The summed E-state index contributed by atoms with van der Waals surface area (Å²) in [7, 11) is 0. The van der Waals surface area contributed by atoms with E-state index >= 15 is 0 Å². The van der Waals surface area contributed by atoms with Crippen LogP contribution in [0.25, 0.3) is 5.57 Å². The first-order valence-corrected chi connectivity index (χ1v) is 11.6. The molecule has 0 saturated heterocycles. The van der Waals surface area contributed by atoms with Crippen molar-refractivity contribution in [3.8, 4) is 11.5 Å². The summed E-state index contributed by atoms with van der Waals surface area (Å²) in [4.78, 5) is 29.0. The molecule has 2 aliphatic rings. The lowest BCUT2D eigenvalue weighted by atomic mass is 9.87. The number of carbonyl (C=O) groups is 2.